The van der Waals surface area contributed by atoms with Crippen LogP contribution < -0.4 is 5.32 Å². The molecule has 3 rings (SSSR count). The monoisotopic (exact) mass is 361 g/mol. The minimum atomic E-state index is -0.0844. The molecule has 1 N–H and O–H groups in total. The summed E-state index contributed by atoms with van der Waals surface area (Å²) in [7, 11) is 0. The predicted molar refractivity (Wildman–Crippen MR) is 97.4 cm³/mol. The fourth-order valence-corrected chi connectivity index (χ4v) is 3.11. The van der Waals surface area contributed by atoms with E-state index in [2.05, 4.69) is 10.3 Å². The Bertz CT molecular complexity index is 889. The van der Waals surface area contributed by atoms with Crippen LogP contribution in [-0.4, -0.2) is 15.5 Å². The normalized spacial score (nSPS) is 11.0. The molecule has 3 aromatic rings. The second-order valence-electron chi connectivity index (χ2n) is 5.47. The Morgan fingerprint density at radius 2 is 2.00 bits per heavy atom. The number of aryl methyl sites for hydroxylation is 1. The maximum Gasteiger partial charge on any atom is 0.240 e. The van der Waals surface area contributed by atoms with Crippen molar-refractivity contribution < 1.29 is 4.79 Å². The molecule has 1 amide bonds. The number of benzene rings is 2. The highest BCUT2D eigenvalue weighted by Crippen LogP contribution is 2.21. The highest BCUT2D eigenvalue weighted by atomic mass is 35.5. The molecule has 0 bridgehead atoms. The molecule has 0 aliphatic carbocycles. The van der Waals surface area contributed by atoms with Gasteiger partial charge in [-0.15, -0.1) is 0 Å². The van der Waals surface area contributed by atoms with Crippen LogP contribution >= 0.6 is 23.2 Å². The summed E-state index contributed by atoms with van der Waals surface area (Å²) in [5.41, 5.74) is 2.71. The van der Waals surface area contributed by atoms with Gasteiger partial charge in [-0.2, -0.15) is 0 Å². The van der Waals surface area contributed by atoms with Crippen LogP contribution in [0.2, 0.25) is 10.0 Å². The predicted octanol–water partition coefficient (Wildman–Crippen LogP) is 4.22. The van der Waals surface area contributed by atoms with Crippen molar-refractivity contribution in [3.8, 4) is 0 Å². The summed E-state index contributed by atoms with van der Waals surface area (Å²) in [5.74, 6) is 0.815. The number of para-hydroxylation sites is 2. The van der Waals surface area contributed by atoms with E-state index in [0.717, 1.165) is 28.8 Å². The lowest BCUT2D eigenvalue weighted by Gasteiger charge is -2.10. The van der Waals surface area contributed by atoms with E-state index in [1.165, 1.54) is 0 Å². The van der Waals surface area contributed by atoms with E-state index < -0.39 is 0 Å². The summed E-state index contributed by atoms with van der Waals surface area (Å²) in [5, 5.41) is 4.02. The van der Waals surface area contributed by atoms with Gasteiger partial charge in [-0.05, 0) is 29.8 Å². The maximum atomic E-state index is 12.3. The van der Waals surface area contributed by atoms with Gasteiger partial charge < -0.3 is 9.88 Å². The van der Waals surface area contributed by atoms with Gasteiger partial charge in [0.05, 0.1) is 11.0 Å². The Kier molecular flexibility index (Phi) is 5.07. The average Bonchev–Trinajstić information content (AvgIpc) is 2.92. The number of carbonyl (C=O) groups excluding carboxylic acids is 1. The Balaban J connectivity index is 1.73. The highest BCUT2D eigenvalue weighted by Gasteiger charge is 2.12. The van der Waals surface area contributed by atoms with Crippen molar-refractivity contribution in [1.29, 1.82) is 0 Å². The third-order valence-electron chi connectivity index (χ3n) is 3.84. The topological polar surface area (TPSA) is 46.9 Å². The number of hydrogen-bond acceptors (Lipinski definition) is 2. The molecule has 0 atom stereocenters. The molecule has 0 aliphatic rings. The van der Waals surface area contributed by atoms with Gasteiger partial charge in [0.25, 0.3) is 0 Å². The molecule has 0 fully saturated rings. The van der Waals surface area contributed by atoms with E-state index in [-0.39, 0.29) is 12.5 Å². The standard InChI is InChI=1S/C18H17Cl2N3O/c1-2-17-22-15-5-3-4-6-16(15)23(17)11-18(24)21-10-12-7-8-13(19)9-14(12)20/h3-9H,2,10-11H2,1H3,(H,21,24). The van der Waals surface area contributed by atoms with Crippen LogP contribution in [0.3, 0.4) is 0 Å². The number of nitrogens with one attached hydrogen (secondary N) is 1. The quantitative estimate of drug-likeness (QED) is 0.739. The van der Waals surface area contributed by atoms with E-state index in [9.17, 15) is 4.79 Å². The van der Waals surface area contributed by atoms with Crippen LogP contribution in [0, 0.1) is 0 Å². The molecule has 0 spiro atoms. The van der Waals surface area contributed by atoms with Gasteiger partial charge in [-0.1, -0.05) is 48.3 Å². The Morgan fingerprint density at radius 3 is 2.75 bits per heavy atom. The van der Waals surface area contributed by atoms with Gasteiger partial charge in [0.1, 0.15) is 12.4 Å². The van der Waals surface area contributed by atoms with E-state index in [4.69, 9.17) is 23.2 Å². The summed E-state index contributed by atoms with van der Waals surface area (Å²) < 4.78 is 1.95. The lowest BCUT2D eigenvalue weighted by molar-refractivity contribution is -0.121. The minimum absolute atomic E-state index is 0.0844. The van der Waals surface area contributed by atoms with Crippen LogP contribution in [0.4, 0.5) is 0 Å². The molecular weight excluding hydrogens is 345 g/mol. The van der Waals surface area contributed by atoms with Gasteiger partial charge in [-0.25, -0.2) is 4.98 Å². The molecule has 6 heteroatoms. The maximum absolute atomic E-state index is 12.3. The summed E-state index contributed by atoms with van der Waals surface area (Å²) in [4.78, 5) is 16.9. The first-order valence-electron chi connectivity index (χ1n) is 7.73. The zero-order chi connectivity index (χ0) is 17.1. The summed E-state index contributed by atoms with van der Waals surface area (Å²) in [6, 6.07) is 13.1. The van der Waals surface area contributed by atoms with E-state index in [1.54, 1.807) is 12.1 Å². The number of amides is 1. The van der Waals surface area contributed by atoms with Crippen molar-refractivity contribution >= 4 is 40.1 Å². The molecule has 124 valence electrons. The number of aromatic nitrogens is 2. The van der Waals surface area contributed by atoms with Crippen LogP contribution in [0.1, 0.15) is 18.3 Å². The van der Waals surface area contributed by atoms with E-state index >= 15 is 0 Å². The lowest BCUT2D eigenvalue weighted by atomic mass is 10.2. The molecule has 0 radical (unpaired) electrons. The van der Waals surface area contributed by atoms with Crippen molar-refractivity contribution in [2.24, 2.45) is 0 Å². The zero-order valence-corrected chi connectivity index (χ0v) is 14.7. The van der Waals surface area contributed by atoms with Gasteiger partial charge >= 0.3 is 0 Å². The molecule has 2 aromatic carbocycles. The molecule has 24 heavy (non-hydrogen) atoms. The van der Waals surface area contributed by atoms with Crippen LogP contribution in [0.25, 0.3) is 11.0 Å². The molecule has 0 saturated heterocycles. The fraction of sp³-hybridized carbons (Fsp3) is 0.222. The Hall–Kier alpha value is -2.04. The van der Waals surface area contributed by atoms with Gasteiger partial charge in [-0.3, -0.25) is 4.79 Å². The lowest BCUT2D eigenvalue weighted by Crippen LogP contribution is -2.27. The summed E-state index contributed by atoms with van der Waals surface area (Å²) >= 11 is 12.0. The van der Waals surface area contributed by atoms with Gasteiger partial charge in [0.2, 0.25) is 5.91 Å². The van der Waals surface area contributed by atoms with Crippen LogP contribution in [0.15, 0.2) is 42.5 Å². The first kappa shape index (κ1) is 16.8. The number of carbonyl (C=O) groups is 1. The molecule has 1 heterocycles. The van der Waals surface area contributed by atoms with Crippen LogP contribution in [-0.2, 0) is 24.3 Å². The number of rotatable bonds is 5. The average molecular weight is 362 g/mol. The Labute approximate surface area is 150 Å². The molecule has 0 unspecified atom stereocenters. The number of nitrogens with zero attached hydrogens (tertiary/aromatic N) is 2. The number of halogens is 2. The van der Waals surface area contributed by atoms with Crippen molar-refractivity contribution in [2.75, 3.05) is 0 Å². The first-order chi connectivity index (χ1) is 11.6. The number of imidazole rings is 1. The molecule has 0 saturated carbocycles. The zero-order valence-electron chi connectivity index (χ0n) is 13.2. The molecule has 1 aromatic heterocycles. The number of hydrogen-bond donors (Lipinski definition) is 1. The third-order valence-corrected chi connectivity index (χ3v) is 4.43. The summed E-state index contributed by atoms with van der Waals surface area (Å²) in [6.45, 7) is 2.63. The third kappa shape index (κ3) is 3.55. The SMILES string of the molecule is CCc1nc2ccccc2n1CC(=O)NCc1ccc(Cl)cc1Cl. The molecule has 0 aliphatic heterocycles. The van der Waals surface area contributed by atoms with E-state index in [1.807, 2.05) is 41.8 Å². The second kappa shape index (κ2) is 7.24. The summed E-state index contributed by atoms with van der Waals surface area (Å²) in [6.07, 6.45) is 0.769. The molecule has 4 nitrogen and oxygen atoms in total. The fourth-order valence-electron chi connectivity index (χ4n) is 2.63. The van der Waals surface area contributed by atoms with Gasteiger partial charge in [0.15, 0.2) is 0 Å². The van der Waals surface area contributed by atoms with Crippen molar-refractivity contribution in [3.63, 3.8) is 0 Å². The highest BCUT2D eigenvalue weighted by molar-refractivity contribution is 6.35. The first-order valence-corrected chi connectivity index (χ1v) is 8.49. The minimum Gasteiger partial charge on any atom is -0.350 e. The second-order valence-corrected chi connectivity index (χ2v) is 6.31. The largest absolute Gasteiger partial charge is 0.350 e. The molecular formula is C18H17Cl2N3O. The van der Waals surface area contributed by atoms with Gasteiger partial charge in [0, 0.05) is 23.0 Å². The van der Waals surface area contributed by atoms with Crippen LogP contribution in [0.5, 0.6) is 0 Å². The van der Waals surface area contributed by atoms with Crippen molar-refractivity contribution in [1.82, 2.24) is 14.9 Å². The van der Waals surface area contributed by atoms with Crippen molar-refractivity contribution in [3.05, 3.63) is 63.9 Å². The van der Waals surface area contributed by atoms with E-state index in [0.29, 0.717) is 16.6 Å². The van der Waals surface area contributed by atoms with Crippen molar-refractivity contribution in [2.45, 2.75) is 26.4 Å². The Morgan fingerprint density at radius 1 is 1.21 bits per heavy atom. The number of fused-ring (bicyclic) bond motifs is 1. The smallest absolute Gasteiger partial charge is 0.240 e.